The number of aromatic nitrogens is 2. The molecule has 20 heavy (non-hydrogen) atoms. The summed E-state index contributed by atoms with van der Waals surface area (Å²) in [4.78, 5) is 15.3. The van der Waals surface area contributed by atoms with E-state index in [4.69, 9.17) is 4.74 Å². The van der Waals surface area contributed by atoms with Crippen molar-refractivity contribution >= 4 is 5.78 Å². The monoisotopic (exact) mass is 274 g/mol. The summed E-state index contributed by atoms with van der Waals surface area (Å²) in [6.45, 7) is 1.68. The summed E-state index contributed by atoms with van der Waals surface area (Å²) in [7, 11) is 0. The molecule has 0 radical (unpaired) electrons. The second-order valence-corrected chi connectivity index (χ2v) is 5.01. The molecule has 1 fully saturated rings. The van der Waals surface area contributed by atoms with E-state index in [1.165, 1.54) is 31.9 Å². The van der Waals surface area contributed by atoms with E-state index in [0.717, 1.165) is 5.69 Å². The summed E-state index contributed by atoms with van der Waals surface area (Å²) in [5.74, 6) is -0.428. The van der Waals surface area contributed by atoms with Crippen LogP contribution in [0.15, 0.2) is 30.7 Å². The van der Waals surface area contributed by atoms with Crippen LogP contribution in [0.3, 0.4) is 0 Å². The summed E-state index contributed by atoms with van der Waals surface area (Å²) in [5.41, 5.74) is 1.06. The smallest absolute Gasteiger partial charge is 0.162 e. The number of rotatable bonds is 5. The van der Waals surface area contributed by atoms with E-state index in [1.54, 1.807) is 18.6 Å². The number of imidazole rings is 1. The largest absolute Gasteiger partial charge is 0.487 e. The minimum absolute atomic E-state index is 0.0837. The first kappa shape index (κ1) is 12.8. The molecule has 1 aromatic carbocycles. The van der Waals surface area contributed by atoms with Crippen LogP contribution in [0.25, 0.3) is 0 Å². The summed E-state index contributed by atoms with van der Waals surface area (Å²) >= 11 is 0. The van der Waals surface area contributed by atoms with E-state index in [2.05, 4.69) is 9.55 Å². The standard InChI is InChI=1S/C15H15FN2O2/c1-10(19)14-5-4-13(6-15(14)16)20-8-12-7-17-9-18(12)11-2-3-11/h4-7,9,11H,2-3,8H2,1H3. The fourth-order valence-corrected chi connectivity index (χ4v) is 2.15. The van der Waals surface area contributed by atoms with Gasteiger partial charge in [-0.15, -0.1) is 0 Å². The predicted octanol–water partition coefficient (Wildman–Crippen LogP) is 3.14. The Bertz CT molecular complexity index is 647. The second-order valence-electron chi connectivity index (χ2n) is 5.01. The maximum atomic E-state index is 13.7. The minimum atomic E-state index is -0.550. The van der Waals surface area contributed by atoms with Gasteiger partial charge in [0, 0.05) is 12.1 Å². The number of carbonyl (C=O) groups is 1. The molecule has 0 N–H and O–H groups in total. The maximum Gasteiger partial charge on any atom is 0.162 e. The topological polar surface area (TPSA) is 44.1 Å². The van der Waals surface area contributed by atoms with E-state index in [1.807, 2.05) is 0 Å². The van der Waals surface area contributed by atoms with Gasteiger partial charge in [-0.25, -0.2) is 9.37 Å². The SMILES string of the molecule is CC(=O)c1ccc(OCc2cncn2C2CC2)cc1F. The van der Waals surface area contributed by atoms with Crippen molar-refractivity contribution in [2.45, 2.75) is 32.4 Å². The van der Waals surface area contributed by atoms with Gasteiger partial charge in [-0.3, -0.25) is 4.79 Å². The normalized spacial score (nSPS) is 14.3. The molecule has 0 unspecified atom stereocenters. The Hall–Kier alpha value is -2.17. The molecule has 0 bridgehead atoms. The number of nitrogens with zero attached hydrogens (tertiary/aromatic N) is 2. The zero-order valence-corrected chi connectivity index (χ0v) is 11.2. The van der Waals surface area contributed by atoms with Gasteiger partial charge >= 0.3 is 0 Å². The molecular weight excluding hydrogens is 259 g/mol. The molecule has 4 nitrogen and oxygen atoms in total. The molecule has 1 saturated carbocycles. The highest BCUT2D eigenvalue weighted by Gasteiger charge is 2.25. The quantitative estimate of drug-likeness (QED) is 0.787. The fourth-order valence-electron chi connectivity index (χ4n) is 2.15. The van der Waals surface area contributed by atoms with Crippen molar-refractivity contribution in [2.75, 3.05) is 0 Å². The highest BCUT2D eigenvalue weighted by atomic mass is 19.1. The molecule has 0 atom stereocenters. The van der Waals surface area contributed by atoms with Crippen LogP contribution in [0, 0.1) is 5.82 Å². The third-order valence-electron chi connectivity index (χ3n) is 3.39. The molecule has 1 aliphatic rings. The number of halogens is 1. The molecule has 2 aromatic rings. The van der Waals surface area contributed by atoms with Crippen LogP contribution in [0.5, 0.6) is 5.75 Å². The summed E-state index contributed by atoms with van der Waals surface area (Å²) < 4.78 is 21.3. The first-order valence-corrected chi connectivity index (χ1v) is 6.59. The van der Waals surface area contributed by atoms with Crippen LogP contribution in [0.4, 0.5) is 4.39 Å². The van der Waals surface area contributed by atoms with Crippen molar-refractivity contribution in [3.8, 4) is 5.75 Å². The number of benzene rings is 1. The van der Waals surface area contributed by atoms with Gasteiger partial charge in [-0.1, -0.05) is 0 Å². The Labute approximate surface area is 116 Å². The number of ether oxygens (including phenoxy) is 1. The number of hydrogen-bond donors (Lipinski definition) is 0. The molecule has 0 spiro atoms. The van der Waals surface area contributed by atoms with Gasteiger partial charge in [0.1, 0.15) is 18.2 Å². The van der Waals surface area contributed by atoms with Crippen molar-refractivity contribution in [3.05, 3.63) is 47.8 Å². The van der Waals surface area contributed by atoms with Crippen LogP contribution >= 0.6 is 0 Å². The van der Waals surface area contributed by atoms with Crippen molar-refractivity contribution in [1.29, 1.82) is 0 Å². The number of ketones is 1. The Morgan fingerprint density at radius 1 is 1.50 bits per heavy atom. The molecular formula is C15H15FN2O2. The van der Waals surface area contributed by atoms with Gasteiger partial charge in [-0.05, 0) is 31.9 Å². The van der Waals surface area contributed by atoms with Gasteiger partial charge in [0.2, 0.25) is 0 Å². The van der Waals surface area contributed by atoms with Crippen LogP contribution in [-0.2, 0) is 6.61 Å². The first-order chi connectivity index (χ1) is 9.65. The van der Waals surface area contributed by atoms with Crippen LogP contribution in [0.2, 0.25) is 0 Å². The molecule has 3 rings (SSSR count). The van der Waals surface area contributed by atoms with Crippen molar-refractivity contribution in [2.24, 2.45) is 0 Å². The lowest BCUT2D eigenvalue weighted by atomic mass is 10.1. The Morgan fingerprint density at radius 3 is 2.95 bits per heavy atom. The Morgan fingerprint density at radius 2 is 2.30 bits per heavy atom. The van der Waals surface area contributed by atoms with E-state index in [0.29, 0.717) is 18.4 Å². The number of carbonyl (C=O) groups excluding carboxylic acids is 1. The first-order valence-electron chi connectivity index (χ1n) is 6.59. The summed E-state index contributed by atoms with van der Waals surface area (Å²) in [6, 6.07) is 4.84. The zero-order valence-electron chi connectivity index (χ0n) is 11.2. The lowest BCUT2D eigenvalue weighted by Crippen LogP contribution is -2.04. The molecule has 104 valence electrons. The molecule has 0 aliphatic heterocycles. The maximum absolute atomic E-state index is 13.7. The Kier molecular flexibility index (Phi) is 3.26. The third kappa shape index (κ3) is 2.57. The van der Waals surface area contributed by atoms with Crippen molar-refractivity contribution in [1.82, 2.24) is 9.55 Å². The highest BCUT2D eigenvalue weighted by Crippen LogP contribution is 2.35. The second kappa shape index (κ2) is 5.07. The van der Waals surface area contributed by atoms with E-state index in [9.17, 15) is 9.18 Å². The van der Waals surface area contributed by atoms with Gasteiger partial charge in [0.25, 0.3) is 0 Å². The van der Waals surface area contributed by atoms with E-state index < -0.39 is 5.82 Å². The average Bonchev–Trinajstić information content (AvgIpc) is 3.15. The number of hydrogen-bond acceptors (Lipinski definition) is 3. The van der Waals surface area contributed by atoms with Crippen LogP contribution in [0.1, 0.15) is 41.9 Å². The van der Waals surface area contributed by atoms with Gasteiger partial charge in [0.15, 0.2) is 5.78 Å². The summed E-state index contributed by atoms with van der Waals surface area (Å²) in [5, 5.41) is 0. The minimum Gasteiger partial charge on any atom is -0.487 e. The van der Waals surface area contributed by atoms with Crippen LogP contribution in [-0.4, -0.2) is 15.3 Å². The third-order valence-corrected chi connectivity index (χ3v) is 3.39. The molecule has 0 amide bonds. The highest BCUT2D eigenvalue weighted by molar-refractivity contribution is 5.94. The average molecular weight is 274 g/mol. The lowest BCUT2D eigenvalue weighted by molar-refractivity contribution is 0.101. The molecule has 1 aliphatic carbocycles. The van der Waals surface area contributed by atoms with E-state index in [-0.39, 0.29) is 11.3 Å². The Balaban J connectivity index is 1.70. The number of Topliss-reactive ketones (excluding diaryl/α,β-unsaturated/α-hetero) is 1. The molecule has 0 saturated heterocycles. The molecule has 5 heteroatoms. The molecule has 1 heterocycles. The summed E-state index contributed by atoms with van der Waals surface area (Å²) in [6.07, 6.45) is 5.91. The van der Waals surface area contributed by atoms with Gasteiger partial charge in [-0.2, -0.15) is 0 Å². The zero-order chi connectivity index (χ0) is 14.1. The van der Waals surface area contributed by atoms with Crippen molar-refractivity contribution in [3.63, 3.8) is 0 Å². The van der Waals surface area contributed by atoms with Crippen molar-refractivity contribution < 1.29 is 13.9 Å². The predicted molar refractivity (Wildman–Crippen MR) is 71.2 cm³/mol. The lowest BCUT2D eigenvalue weighted by Gasteiger charge is -2.09. The van der Waals surface area contributed by atoms with E-state index >= 15 is 0 Å². The van der Waals surface area contributed by atoms with Crippen LogP contribution < -0.4 is 4.74 Å². The van der Waals surface area contributed by atoms with Gasteiger partial charge in [0.05, 0.1) is 23.8 Å². The fraction of sp³-hybridized carbons (Fsp3) is 0.333. The van der Waals surface area contributed by atoms with Gasteiger partial charge < -0.3 is 9.30 Å². The molecule has 1 aromatic heterocycles.